The molecule has 0 radical (unpaired) electrons. The van der Waals surface area contributed by atoms with Gasteiger partial charge in [-0.15, -0.1) is 0 Å². The molecule has 1 aliphatic rings. The molecule has 0 aliphatic carbocycles. The summed E-state index contributed by atoms with van der Waals surface area (Å²) in [5.41, 5.74) is 1.52. The highest BCUT2D eigenvalue weighted by atomic mass is 19.4. The molecule has 0 saturated carbocycles. The number of anilines is 2. The number of carbonyl (C=O) groups excluding carboxylic acids is 1. The number of aliphatic hydroxyl groups is 1. The summed E-state index contributed by atoms with van der Waals surface area (Å²) in [5.74, 6) is 0.0567. The number of nitrogens with one attached hydrogen (secondary N) is 2. The molecule has 174 valence electrons. The standard InChI is InChI=1S/C23H23F3N4O3/c1-13(31)15-4-3-5-16(10-15)27-22(32)19-12-21-28-18(14-6-8-17(33-2)9-7-14)11-20(23(24,25)26)30(21)29-19/h3-10,12-13,18,20,28,31H,11H2,1-2H3,(H,27,32)/t13-,18+,20-/m0/s1. The number of carbonyl (C=O) groups is 1. The number of methoxy groups -OCH3 is 1. The van der Waals surface area contributed by atoms with Crippen molar-refractivity contribution in [2.45, 2.75) is 37.7 Å². The minimum absolute atomic E-state index is 0.104. The zero-order valence-electron chi connectivity index (χ0n) is 17.9. The second kappa shape index (κ2) is 8.78. The number of aromatic nitrogens is 2. The molecule has 7 nitrogen and oxygen atoms in total. The molecule has 3 N–H and O–H groups in total. The van der Waals surface area contributed by atoms with Crippen LogP contribution >= 0.6 is 0 Å². The summed E-state index contributed by atoms with van der Waals surface area (Å²) in [6.45, 7) is 1.59. The Kier molecular flexibility index (Phi) is 6.03. The van der Waals surface area contributed by atoms with Crippen molar-refractivity contribution >= 4 is 17.4 Å². The molecule has 2 aromatic carbocycles. The Labute approximate surface area is 188 Å². The fraction of sp³-hybridized carbons (Fsp3) is 0.304. The Bertz CT molecular complexity index is 1140. The molecule has 3 aromatic rings. The number of aliphatic hydroxyl groups excluding tert-OH is 1. The SMILES string of the molecule is COc1ccc([C@H]2C[C@@H](C(F)(F)F)n3nc(C(=O)Nc4cccc([C@H](C)O)c4)cc3N2)cc1. The van der Waals surface area contributed by atoms with Crippen molar-refractivity contribution < 1.29 is 27.8 Å². The number of fused-ring (bicyclic) bond motifs is 1. The number of alkyl halides is 3. The van der Waals surface area contributed by atoms with Crippen molar-refractivity contribution in [2.24, 2.45) is 0 Å². The average molecular weight is 460 g/mol. The van der Waals surface area contributed by atoms with E-state index in [4.69, 9.17) is 4.74 Å². The van der Waals surface area contributed by atoms with Crippen LogP contribution in [0.25, 0.3) is 0 Å². The van der Waals surface area contributed by atoms with Gasteiger partial charge in [0, 0.05) is 18.2 Å². The third kappa shape index (κ3) is 4.80. The van der Waals surface area contributed by atoms with E-state index in [0.717, 1.165) is 4.68 Å². The molecule has 1 aromatic heterocycles. The molecular formula is C23H23F3N4O3. The van der Waals surface area contributed by atoms with Gasteiger partial charge in [-0.25, -0.2) is 4.68 Å². The first-order valence-electron chi connectivity index (χ1n) is 10.3. The van der Waals surface area contributed by atoms with Crippen LogP contribution in [0.1, 0.15) is 53.1 Å². The van der Waals surface area contributed by atoms with Crippen LogP contribution < -0.4 is 15.4 Å². The minimum Gasteiger partial charge on any atom is -0.497 e. The van der Waals surface area contributed by atoms with E-state index in [0.29, 0.717) is 22.6 Å². The third-order valence-electron chi connectivity index (χ3n) is 5.57. The number of hydrogen-bond acceptors (Lipinski definition) is 5. The van der Waals surface area contributed by atoms with Crippen LogP contribution in [-0.4, -0.2) is 34.1 Å². The normalized spacial score (nSPS) is 18.7. The molecular weight excluding hydrogens is 437 g/mol. The van der Waals surface area contributed by atoms with E-state index in [1.807, 2.05) is 0 Å². The van der Waals surface area contributed by atoms with E-state index >= 15 is 0 Å². The van der Waals surface area contributed by atoms with E-state index < -0.39 is 30.3 Å². The van der Waals surface area contributed by atoms with Crippen LogP contribution in [0.3, 0.4) is 0 Å². The van der Waals surface area contributed by atoms with Crippen LogP contribution in [0.15, 0.2) is 54.6 Å². The van der Waals surface area contributed by atoms with Crippen LogP contribution in [0, 0.1) is 0 Å². The van der Waals surface area contributed by atoms with Gasteiger partial charge < -0.3 is 20.5 Å². The fourth-order valence-corrected chi connectivity index (χ4v) is 3.81. The lowest BCUT2D eigenvalue weighted by atomic mass is 9.97. The molecule has 2 heterocycles. The Balaban J connectivity index is 1.61. The molecule has 1 aliphatic heterocycles. The summed E-state index contributed by atoms with van der Waals surface area (Å²) in [7, 11) is 1.51. The molecule has 10 heteroatoms. The Hall–Kier alpha value is -3.53. The molecule has 0 bridgehead atoms. The predicted octanol–water partition coefficient (Wildman–Crippen LogP) is 4.86. The molecule has 33 heavy (non-hydrogen) atoms. The lowest BCUT2D eigenvalue weighted by Crippen LogP contribution is -2.35. The lowest BCUT2D eigenvalue weighted by Gasteiger charge is -2.33. The van der Waals surface area contributed by atoms with Gasteiger partial charge in [-0.2, -0.15) is 18.3 Å². The maximum atomic E-state index is 13.9. The van der Waals surface area contributed by atoms with Gasteiger partial charge in [-0.05, 0) is 42.3 Å². The number of amides is 1. The minimum atomic E-state index is -4.55. The molecule has 1 amide bonds. The summed E-state index contributed by atoms with van der Waals surface area (Å²) in [6.07, 6.45) is -5.55. The average Bonchev–Trinajstić information content (AvgIpc) is 3.22. The Morgan fingerprint density at radius 2 is 1.97 bits per heavy atom. The van der Waals surface area contributed by atoms with Gasteiger partial charge in [0.1, 0.15) is 11.6 Å². The number of halogens is 3. The topological polar surface area (TPSA) is 88.4 Å². The molecule has 3 atom stereocenters. The highest BCUT2D eigenvalue weighted by Gasteiger charge is 2.46. The van der Waals surface area contributed by atoms with Gasteiger partial charge in [0.15, 0.2) is 11.7 Å². The van der Waals surface area contributed by atoms with Crippen molar-refractivity contribution in [3.8, 4) is 5.75 Å². The van der Waals surface area contributed by atoms with Gasteiger partial charge in [0.25, 0.3) is 5.91 Å². The number of ether oxygens (including phenoxy) is 1. The molecule has 0 fully saturated rings. The monoisotopic (exact) mass is 460 g/mol. The first kappa shape index (κ1) is 22.7. The quantitative estimate of drug-likeness (QED) is 0.506. The van der Waals surface area contributed by atoms with Crippen LogP contribution in [0.5, 0.6) is 5.75 Å². The molecule has 0 unspecified atom stereocenters. The molecule has 4 rings (SSSR count). The van der Waals surface area contributed by atoms with Crippen molar-refractivity contribution in [3.05, 3.63) is 71.4 Å². The smallest absolute Gasteiger partial charge is 0.410 e. The second-order valence-electron chi connectivity index (χ2n) is 7.88. The largest absolute Gasteiger partial charge is 0.497 e. The second-order valence-corrected chi connectivity index (χ2v) is 7.88. The lowest BCUT2D eigenvalue weighted by molar-refractivity contribution is -0.173. The van der Waals surface area contributed by atoms with Crippen molar-refractivity contribution in [1.29, 1.82) is 0 Å². The highest BCUT2D eigenvalue weighted by molar-refractivity contribution is 6.03. The zero-order valence-corrected chi connectivity index (χ0v) is 17.9. The Morgan fingerprint density at radius 1 is 1.24 bits per heavy atom. The van der Waals surface area contributed by atoms with Crippen LogP contribution in [0.4, 0.5) is 24.7 Å². The first-order chi connectivity index (χ1) is 15.7. The molecule has 0 saturated heterocycles. The van der Waals surface area contributed by atoms with E-state index in [2.05, 4.69) is 15.7 Å². The van der Waals surface area contributed by atoms with Crippen LogP contribution in [0.2, 0.25) is 0 Å². The van der Waals surface area contributed by atoms with Crippen molar-refractivity contribution in [1.82, 2.24) is 9.78 Å². The maximum Gasteiger partial charge on any atom is 0.410 e. The summed E-state index contributed by atoms with van der Waals surface area (Å²) >= 11 is 0. The molecule has 0 spiro atoms. The van der Waals surface area contributed by atoms with E-state index in [9.17, 15) is 23.1 Å². The summed E-state index contributed by atoms with van der Waals surface area (Å²) in [6, 6.07) is 12.2. The third-order valence-corrected chi connectivity index (χ3v) is 5.57. The summed E-state index contributed by atoms with van der Waals surface area (Å²) in [5, 5.41) is 19.4. The number of benzene rings is 2. The van der Waals surface area contributed by atoms with E-state index in [-0.39, 0.29) is 17.9 Å². The van der Waals surface area contributed by atoms with E-state index in [1.54, 1.807) is 55.5 Å². The van der Waals surface area contributed by atoms with Crippen molar-refractivity contribution in [3.63, 3.8) is 0 Å². The van der Waals surface area contributed by atoms with Crippen molar-refractivity contribution in [2.75, 3.05) is 17.7 Å². The highest BCUT2D eigenvalue weighted by Crippen LogP contribution is 2.43. The first-order valence-corrected chi connectivity index (χ1v) is 10.3. The van der Waals surface area contributed by atoms with Gasteiger partial charge in [0.2, 0.25) is 0 Å². The Morgan fingerprint density at radius 3 is 2.61 bits per heavy atom. The summed E-state index contributed by atoms with van der Waals surface area (Å²) < 4.78 is 47.6. The van der Waals surface area contributed by atoms with Gasteiger partial charge >= 0.3 is 6.18 Å². The zero-order chi connectivity index (χ0) is 23.8. The van der Waals surface area contributed by atoms with Gasteiger partial charge in [-0.1, -0.05) is 24.3 Å². The number of nitrogens with zero attached hydrogens (tertiary/aromatic N) is 2. The van der Waals surface area contributed by atoms with Gasteiger partial charge in [0.05, 0.1) is 19.3 Å². The number of rotatable bonds is 5. The fourth-order valence-electron chi connectivity index (χ4n) is 3.81. The van der Waals surface area contributed by atoms with Crippen LogP contribution in [-0.2, 0) is 0 Å². The maximum absolute atomic E-state index is 13.9. The summed E-state index contributed by atoms with van der Waals surface area (Å²) in [4.78, 5) is 12.7. The van der Waals surface area contributed by atoms with E-state index in [1.165, 1.54) is 13.2 Å². The number of hydrogen-bond donors (Lipinski definition) is 3. The predicted molar refractivity (Wildman–Crippen MR) is 116 cm³/mol. The van der Waals surface area contributed by atoms with Gasteiger partial charge in [-0.3, -0.25) is 4.79 Å².